The number of pyridine rings is 1. The molecule has 0 aromatic carbocycles. The average Bonchev–Trinajstić information content (AvgIpc) is 2.65. The Morgan fingerprint density at radius 3 is 2.69 bits per heavy atom. The molecule has 2 aromatic rings. The summed E-state index contributed by atoms with van der Waals surface area (Å²) >= 11 is 1.53. The first-order valence-corrected chi connectivity index (χ1v) is 5.35. The van der Waals surface area contributed by atoms with Crippen LogP contribution >= 0.6 is 11.3 Å². The van der Waals surface area contributed by atoms with Gasteiger partial charge in [0, 0.05) is 11.1 Å². The van der Waals surface area contributed by atoms with Crippen LogP contribution in [0.25, 0.3) is 0 Å². The van der Waals surface area contributed by atoms with Crippen LogP contribution in [0.1, 0.15) is 15.4 Å². The summed E-state index contributed by atoms with van der Waals surface area (Å²) in [4.78, 5) is 19.6. The number of hydrogen-bond donors (Lipinski definition) is 2. The van der Waals surface area contributed by atoms with E-state index in [1.165, 1.54) is 23.6 Å². The Morgan fingerprint density at radius 2 is 2.19 bits per heavy atom. The van der Waals surface area contributed by atoms with Gasteiger partial charge < -0.3 is 10.4 Å². The lowest BCUT2D eigenvalue weighted by molar-refractivity contribution is 0.0690. The fourth-order valence-electron chi connectivity index (χ4n) is 1.13. The second-order valence-electron chi connectivity index (χ2n) is 3.14. The lowest BCUT2D eigenvalue weighted by Gasteiger charge is -2.01. The van der Waals surface area contributed by atoms with E-state index in [0.717, 1.165) is 15.7 Å². The zero-order valence-electron chi connectivity index (χ0n) is 8.47. The van der Waals surface area contributed by atoms with Crippen molar-refractivity contribution in [1.29, 1.82) is 0 Å². The molecule has 0 saturated carbocycles. The number of thiazole rings is 1. The predicted molar refractivity (Wildman–Crippen MR) is 61.3 cm³/mol. The second kappa shape index (κ2) is 4.28. The van der Waals surface area contributed by atoms with Crippen LogP contribution in [0.15, 0.2) is 24.5 Å². The van der Waals surface area contributed by atoms with Crippen LogP contribution in [0.2, 0.25) is 0 Å². The molecule has 0 atom stereocenters. The molecular weight excluding hydrogens is 226 g/mol. The summed E-state index contributed by atoms with van der Waals surface area (Å²) in [6.07, 6.45) is 3.24. The SMILES string of the molecule is Cc1cnc(Nc2ccc(C(=O)O)nc2)s1. The Balaban J connectivity index is 2.14. The van der Waals surface area contributed by atoms with E-state index >= 15 is 0 Å². The minimum atomic E-state index is -1.03. The third-order valence-corrected chi connectivity index (χ3v) is 2.68. The number of rotatable bonds is 3. The molecule has 0 amide bonds. The van der Waals surface area contributed by atoms with Crippen LogP contribution in [0.4, 0.5) is 10.8 Å². The van der Waals surface area contributed by atoms with Crippen molar-refractivity contribution in [1.82, 2.24) is 9.97 Å². The topological polar surface area (TPSA) is 75.1 Å². The Hall–Kier alpha value is -1.95. The molecule has 0 aliphatic carbocycles. The van der Waals surface area contributed by atoms with Gasteiger partial charge in [-0.3, -0.25) is 0 Å². The van der Waals surface area contributed by atoms with Gasteiger partial charge in [-0.15, -0.1) is 11.3 Å². The fraction of sp³-hybridized carbons (Fsp3) is 0.100. The largest absolute Gasteiger partial charge is 0.477 e. The van der Waals surface area contributed by atoms with Crippen molar-refractivity contribution in [2.75, 3.05) is 5.32 Å². The molecule has 82 valence electrons. The first-order chi connectivity index (χ1) is 7.65. The second-order valence-corrected chi connectivity index (χ2v) is 4.37. The van der Waals surface area contributed by atoms with Crippen molar-refractivity contribution >= 4 is 28.1 Å². The van der Waals surface area contributed by atoms with Gasteiger partial charge in [-0.2, -0.15) is 0 Å². The number of aryl methyl sites for hydroxylation is 1. The molecule has 0 aliphatic heterocycles. The van der Waals surface area contributed by atoms with Crippen molar-refractivity contribution in [3.05, 3.63) is 35.1 Å². The van der Waals surface area contributed by atoms with E-state index < -0.39 is 5.97 Å². The molecule has 0 spiro atoms. The Kier molecular flexibility index (Phi) is 2.82. The number of carbonyl (C=O) groups is 1. The van der Waals surface area contributed by atoms with Crippen LogP contribution in [0, 0.1) is 6.92 Å². The Morgan fingerprint density at radius 1 is 1.38 bits per heavy atom. The molecule has 6 heteroatoms. The molecule has 0 saturated heterocycles. The highest BCUT2D eigenvalue weighted by Crippen LogP contribution is 2.21. The number of anilines is 2. The quantitative estimate of drug-likeness (QED) is 0.853. The highest BCUT2D eigenvalue weighted by atomic mass is 32.1. The van der Waals surface area contributed by atoms with E-state index in [1.807, 2.05) is 6.92 Å². The minimum absolute atomic E-state index is 0.0286. The van der Waals surface area contributed by atoms with Gasteiger partial charge in [0.25, 0.3) is 0 Å². The van der Waals surface area contributed by atoms with Gasteiger partial charge >= 0.3 is 5.97 Å². The first kappa shape index (κ1) is 10.6. The third-order valence-electron chi connectivity index (χ3n) is 1.86. The summed E-state index contributed by atoms with van der Waals surface area (Å²) in [6.45, 7) is 1.97. The van der Waals surface area contributed by atoms with Crippen molar-refractivity contribution in [3.63, 3.8) is 0 Å². The summed E-state index contributed by atoms with van der Waals surface area (Å²) in [5.41, 5.74) is 0.750. The van der Waals surface area contributed by atoms with Crippen molar-refractivity contribution in [2.24, 2.45) is 0 Å². The number of aromatic nitrogens is 2. The van der Waals surface area contributed by atoms with E-state index in [-0.39, 0.29) is 5.69 Å². The summed E-state index contributed by atoms with van der Waals surface area (Å²) < 4.78 is 0. The molecule has 2 rings (SSSR count). The van der Waals surface area contributed by atoms with Gasteiger partial charge in [-0.05, 0) is 19.1 Å². The molecular formula is C10H9N3O2S. The zero-order valence-corrected chi connectivity index (χ0v) is 9.28. The monoisotopic (exact) mass is 235 g/mol. The standard InChI is InChI=1S/C10H9N3O2S/c1-6-4-12-10(16-6)13-7-2-3-8(9(14)15)11-5-7/h2-5H,1H3,(H,12,13)(H,14,15). The number of nitrogens with zero attached hydrogens (tertiary/aromatic N) is 2. The summed E-state index contributed by atoms with van der Waals surface area (Å²) in [5, 5.41) is 12.5. The summed E-state index contributed by atoms with van der Waals surface area (Å²) in [7, 11) is 0. The molecule has 0 bridgehead atoms. The Labute approximate surface area is 95.8 Å². The summed E-state index contributed by atoms with van der Waals surface area (Å²) in [5.74, 6) is -1.03. The number of hydrogen-bond acceptors (Lipinski definition) is 5. The van der Waals surface area contributed by atoms with E-state index in [2.05, 4.69) is 15.3 Å². The normalized spacial score (nSPS) is 10.1. The average molecular weight is 235 g/mol. The van der Waals surface area contributed by atoms with Crippen molar-refractivity contribution in [2.45, 2.75) is 6.92 Å². The number of carboxylic acid groups (broad SMARTS) is 1. The third kappa shape index (κ3) is 2.34. The van der Waals surface area contributed by atoms with Gasteiger partial charge in [0.2, 0.25) is 0 Å². The molecule has 0 aliphatic rings. The van der Waals surface area contributed by atoms with E-state index in [9.17, 15) is 4.79 Å². The maximum Gasteiger partial charge on any atom is 0.354 e. The number of carboxylic acids is 1. The van der Waals surface area contributed by atoms with E-state index in [0.29, 0.717) is 0 Å². The van der Waals surface area contributed by atoms with E-state index in [4.69, 9.17) is 5.11 Å². The molecule has 16 heavy (non-hydrogen) atoms. The zero-order chi connectivity index (χ0) is 11.5. The lowest BCUT2D eigenvalue weighted by atomic mass is 10.3. The first-order valence-electron chi connectivity index (χ1n) is 4.54. The lowest BCUT2D eigenvalue weighted by Crippen LogP contribution is -2.00. The molecule has 0 unspecified atom stereocenters. The highest BCUT2D eigenvalue weighted by molar-refractivity contribution is 7.15. The molecule has 5 nitrogen and oxygen atoms in total. The van der Waals surface area contributed by atoms with Gasteiger partial charge in [0.05, 0.1) is 11.9 Å². The van der Waals surface area contributed by atoms with Crippen LogP contribution in [-0.4, -0.2) is 21.0 Å². The van der Waals surface area contributed by atoms with E-state index in [1.54, 1.807) is 12.3 Å². The molecule has 0 fully saturated rings. The Bertz CT molecular complexity index is 507. The molecule has 2 heterocycles. The van der Waals surface area contributed by atoms with Crippen LogP contribution < -0.4 is 5.32 Å². The highest BCUT2D eigenvalue weighted by Gasteiger charge is 2.04. The molecule has 2 N–H and O–H groups in total. The number of nitrogens with one attached hydrogen (secondary N) is 1. The van der Waals surface area contributed by atoms with Gasteiger partial charge in [0.15, 0.2) is 5.13 Å². The number of aromatic carboxylic acids is 1. The van der Waals surface area contributed by atoms with Gasteiger partial charge in [-0.25, -0.2) is 14.8 Å². The van der Waals surface area contributed by atoms with Gasteiger partial charge in [0.1, 0.15) is 5.69 Å². The summed E-state index contributed by atoms with van der Waals surface area (Å²) in [6, 6.07) is 3.11. The molecule has 2 aromatic heterocycles. The van der Waals surface area contributed by atoms with Crippen molar-refractivity contribution in [3.8, 4) is 0 Å². The van der Waals surface area contributed by atoms with Crippen LogP contribution in [0.3, 0.4) is 0 Å². The van der Waals surface area contributed by atoms with Crippen LogP contribution in [0.5, 0.6) is 0 Å². The van der Waals surface area contributed by atoms with Crippen molar-refractivity contribution < 1.29 is 9.90 Å². The maximum atomic E-state index is 10.6. The fourth-order valence-corrected chi connectivity index (χ4v) is 1.81. The molecule has 0 radical (unpaired) electrons. The van der Waals surface area contributed by atoms with Gasteiger partial charge in [-0.1, -0.05) is 0 Å². The van der Waals surface area contributed by atoms with Crippen LogP contribution in [-0.2, 0) is 0 Å². The minimum Gasteiger partial charge on any atom is -0.477 e. The smallest absolute Gasteiger partial charge is 0.354 e. The predicted octanol–water partition coefficient (Wildman–Crippen LogP) is 2.29. The maximum absolute atomic E-state index is 10.6.